The summed E-state index contributed by atoms with van der Waals surface area (Å²) in [6.45, 7) is 4.00. The monoisotopic (exact) mass is 288 g/mol. The molecule has 0 radical (unpaired) electrons. The summed E-state index contributed by atoms with van der Waals surface area (Å²) in [5, 5.41) is 0. The maximum Gasteiger partial charge on any atom is 0.239 e. The largest absolute Gasteiger partial charge is 0.341 e. The highest BCUT2D eigenvalue weighted by molar-refractivity contribution is 5.82. The lowest BCUT2D eigenvalue weighted by Crippen LogP contribution is -2.45. The first-order valence-corrected chi connectivity index (χ1v) is 8.29. The van der Waals surface area contributed by atoms with Gasteiger partial charge >= 0.3 is 0 Å². The molecule has 2 rings (SSSR count). The molecule has 0 aromatic heterocycles. The Bertz CT molecular complexity index is 432. The van der Waals surface area contributed by atoms with Crippen LogP contribution in [0.3, 0.4) is 0 Å². The zero-order valence-corrected chi connectivity index (χ0v) is 13.1. The van der Waals surface area contributed by atoms with Gasteiger partial charge in [-0.15, -0.1) is 0 Å². The van der Waals surface area contributed by atoms with Crippen molar-refractivity contribution in [1.82, 2.24) is 4.90 Å². The molecule has 1 heterocycles. The van der Waals surface area contributed by atoms with Crippen LogP contribution in [0.4, 0.5) is 0 Å². The Kier molecular flexibility index (Phi) is 6.24. The molecule has 1 aromatic carbocycles. The van der Waals surface area contributed by atoms with Gasteiger partial charge < -0.3 is 10.6 Å². The molecule has 0 bridgehead atoms. The highest BCUT2D eigenvalue weighted by atomic mass is 16.2. The van der Waals surface area contributed by atoms with E-state index in [2.05, 4.69) is 6.92 Å². The molecule has 1 fully saturated rings. The lowest BCUT2D eigenvalue weighted by atomic mass is 9.96. The molecule has 1 aromatic rings. The summed E-state index contributed by atoms with van der Waals surface area (Å²) in [5.41, 5.74) is 7.27. The second kappa shape index (κ2) is 8.18. The van der Waals surface area contributed by atoms with Gasteiger partial charge in [0.1, 0.15) is 0 Å². The second-order valence-electron chi connectivity index (χ2n) is 6.21. The zero-order valence-electron chi connectivity index (χ0n) is 13.1. The van der Waals surface area contributed by atoms with Crippen LogP contribution in [0.15, 0.2) is 30.3 Å². The maximum atomic E-state index is 12.5. The molecule has 2 atom stereocenters. The van der Waals surface area contributed by atoms with E-state index in [-0.39, 0.29) is 5.91 Å². The molecule has 116 valence electrons. The third kappa shape index (κ3) is 4.85. The Morgan fingerprint density at radius 2 is 2.05 bits per heavy atom. The molecule has 0 spiro atoms. The number of hydrogen-bond donors (Lipinski definition) is 1. The Balaban J connectivity index is 1.87. The number of carbonyl (C=O) groups is 1. The minimum Gasteiger partial charge on any atom is -0.341 e. The van der Waals surface area contributed by atoms with Crippen molar-refractivity contribution in [2.24, 2.45) is 11.7 Å². The third-order valence-corrected chi connectivity index (χ3v) is 4.47. The number of rotatable bonds is 5. The molecule has 1 amide bonds. The van der Waals surface area contributed by atoms with E-state index in [1.807, 2.05) is 35.2 Å². The summed E-state index contributed by atoms with van der Waals surface area (Å²) < 4.78 is 0. The van der Waals surface area contributed by atoms with Crippen molar-refractivity contribution < 1.29 is 4.79 Å². The zero-order chi connectivity index (χ0) is 15.1. The van der Waals surface area contributed by atoms with Crippen LogP contribution >= 0.6 is 0 Å². The standard InChI is InChI=1S/C18H28N2O/c1-2-7-15-10-6-12-20(13-11-15)18(21)17(19)14-16-8-4-3-5-9-16/h3-5,8-9,15,17H,2,6-7,10-14,19H2,1H3. The van der Waals surface area contributed by atoms with E-state index in [4.69, 9.17) is 5.73 Å². The average molecular weight is 288 g/mol. The first-order valence-electron chi connectivity index (χ1n) is 8.29. The van der Waals surface area contributed by atoms with Gasteiger partial charge in [0, 0.05) is 13.1 Å². The van der Waals surface area contributed by atoms with Crippen molar-refractivity contribution in [3.63, 3.8) is 0 Å². The molecule has 2 N–H and O–H groups in total. The molecule has 0 aliphatic carbocycles. The number of benzene rings is 1. The van der Waals surface area contributed by atoms with Gasteiger partial charge in [0.05, 0.1) is 6.04 Å². The summed E-state index contributed by atoms with van der Waals surface area (Å²) in [6, 6.07) is 9.64. The smallest absolute Gasteiger partial charge is 0.239 e. The number of amides is 1. The van der Waals surface area contributed by atoms with Crippen LogP contribution in [0.2, 0.25) is 0 Å². The van der Waals surface area contributed by atoms with Crippen molar-refractivity contribution in [3.8, 4) is 0 Å². The van der Waals surface area contributed by atoms with Gasteiger partial charge in [-0.2, -0.15) is 0 Å². The predicted octanol–water partition coefficient (Wildman–Crippen LogP) is 2.99. The predicted molar refractivity (Wildman–Crippen MR) is 87.0 cm³/mol. The molecular weight excluding hydrogens is 260 g/mol. The molecule has 1 saturated heterocycles. The van der Waals surface area contributed by atoms with Gasteiger partial charge in [0.25, 0.3) is 0 Å². The third-order valence-electron chi connectivity index (χ3n) is 4.47. The van der Waals surface area contributed by atoms with Crippen LogP contribution in [0, 0.1) is 5.92 Å². The molecule has 1 aliphatic heterocycles. The van der Waals surface area contributed by atoms with E-state index in [0.717, 1.165) is 37.4 Å². The molecule has 21 heavy (non-hydrogen) atoms. The first kappa shape index (κ1) is 16.0. The Morgan fingerprint density at radius 3 is 2.76 bits per heavy atom. The topological polar surface area (TPSA) is 46.3 Å². The number of likely N-dealkylation sites (tertiary alicyclic amines) is 1. The van der Waals surface area contributed by atoms with Gasteiger partial charge in [-0.25, -0.2) is 0 Å². The van der Waals surface area contributed by atoms with Crippen LogP contribution in [-0.2, 0) is 11.2 Å². The van der Waals surface area contributed by atoms with E-state index >= 15 is 0 Å². The summed E-state index contributed by atoms with van der Waals surface area (Å²) in [5.74, 6) is 0.911. The SMILES string of the molecule is CCCC1CCCN(C(=O)C(N)Cc2ccccc2)CC1. The van der Waals surface area contributed by atoms with Crippen molar-refractivity contribution >= 4 is 5.91 Å². The first-order chi connectivity index (χ1) is 10.2. The highest BCUT2D eigenvalue weighted by Gasteiger charge is 2.24. The molecule has 1 aliphatic rings. The Morgan fingerprint density at radius 1 is 1.29 bits per heavy atom. The number of nitrogens with two attached hydrogens (primary N) is 1. The fraction of sp³-hybridized carbons (Fsp3) is 0.611. The second-order valence-corrected chi connectivity index (χ2v) is 6.21. The Hall–Kier alpha value is -1.35. The van der Waals surface area contributed by atoms with Gasteiger partial charge in [-0.05, 0) is 37.2 Å². The number of hydrogen-bond acceptors (Lipinski definition) is 2. The number of nitrogens with zero attached hydrogens (tertiary/aromatic N) is 1. The minimum absolute atomic E-state index is 0.121. The quantitative estimate of drug-likeness (QED) is 0.905. The van der Waals surface area contributed by atoms with Crippen molar-refractivity contribution in [3.05, 3.63) is 35.9 Å². The molecular formula is C18H28N2O. The number of carbonyl (C=O) groups excluding carboxylic acids is 1. The molecule has 3 heteroatoms. The van der Waals surface area contributed by atoms with Crippen molar-refractivity contribution in [2.75, 3.05) is 13.1 Å². The van der Waals surface area contributed by atoms with Gasteiger partial charge in [0.15, 0.2) is 0 Å². The lowest BCUT2D eigenvalue weighted by Gasteiger charge is -2.24. The molecule has 3 nitrogen and oxygen atoms in total. The summed E-state index contributed by atoms with van der Waals surface area (Å²) >= 11 is 0. The van der Waals surface area contributed by atoms with Crippen LogP contribution in [0.25, 0.3) is 0 Å². The minimum atomic E-state index is -0.407. The summed E-state index contributed by atoms with van der Waals surface area (Å²) in [6.07, 6.45) is 6.68. The van der Waals surface area contributed by atoms with E-state index in [9.17, 15) is 4.79 Å². The van der Waals surface area contributed by atoms with Crippen LogP contribution in [0.1, 0.15) is 44.6 Å². The van der Waals surface area contributed by atoms with E-state index in [1.165, 1.54) is 19.3 Å². The van der Waals surface area contributed by atoms with Gasteiger partial charge in [-0.3, -0.25) is 4.79 Å². The van der Waals surface area contributed by atoms with Gasteiger partial charge in [-0.1, -0.05) is 50.1 Å². The molecule has 2 unspecified atom stereocenters. The fourth-order valence-electron chi connectivity index (χ4n) is 3.27. The average Bonchev–Trinajstić information content (AvgIpc) is 2.73. The van der Waals surface area contributed by atoms with E-state index < -0.39 is 6.04 Å². The highest BCUT2D eigenvalue weighted by Crippen LogP contribution is 2.22. The van der Waals surface area contributed by atoms with Crippen molar-refractivity contribution in [1.29, 1.82) is 0 Å². The van der Waals surface area contributed by atoms with E-state index in [1.54, 1.807) is 0 Å². The Labute approximate surface area is 128 Å². The summed E-state index contributed by atoms with van der Waals surface area (Å²) in [7, 11) is 0. The fourth-order valence-corrected chi connectivity index (χ4v) is 3.27. The normalized spacial score (nSPS) is 20.9. The summed E-state index contributed by atoms with van der Waals surface area (Å²) in [4.78, 5) is 14.5. The van der Waals surface area contributed by atoms with Crippen molar-refractivity contribution in [2.45, 2.75) is 51.5 Å². The van der Waals surface area contributed by atoms with E-state index in [0.29, 0.717) is 6.42 Å². The molecule has 0 saturated carbocycles. The van der Waals surface area contributed by atoms with Crippen LogP contribution in [-0.4, -0.2) is 29.9 Å². The van der Waals surface area contributed by atoms with Crippen LogP contribution < -0.4 is 5.73 Å². The lowest BCUT2D eigenvalue weighted by molar-refractivity contribution is -0.132. The van der Waals surface area contributed by atoms with Gasteiger partial charge in [0.2, 0.25) is 5.91 Å². The maximum absolute atomic E-state index is 12.5. The van der Waals surface area contributed by atoms with Crippen LogP contribution in [0.5, 0.6) is 0 Å².